The van der Waals surface area contributed by atoms with Crippen LogP contribution in [0.15, 0.2) is 30.3 Å². The number of carbonyl (C=O) groups is 1. The molecule has 0 aliphatic carbocycles. The van der Waals surface area contributed by atoms with Crippen molar-refractivity contribution in [2.24, 2.45) is 0 Å². The first kappa shape index (κ1) is 13.5. The quantitative estimate of drug-likeness (QED) is 0.732. The third-order valence-electron chi connectivity index (χ3n) is 3.41. The normalized spacial score (nSPS) is 10.6. The van der Waals surface area contributed by atoms with Crippen LogP contribution in [0.3, 0.4) is 0 Å². The SMILES string of the molecule is Cc1cc(C(=O)c2c(C)cccc2C)cc(C)c1F. The molecule has 19 heavy (non-hydrogen) atoms. The van der Waals surface area contributed by atoms with E-state index in [4.69, 9.17) is 0 Å². The highest BCUT2D eigenvalue weighted by Crippen LogP contribution is 2.21. The van der Waals surface area contributed by atoms with E-state index < -0.39 is 0 Å². The lowest BCUT2D eigenvalue weighted by Crippen LogP contribution is -2.07. The molecule has 2 aromatic carbocycles. The Morgan fingerprint density at radius 2 is 1.37 bits per heavy atom. The summed E-state index contributed by atoms with van der Waals surface area (Å²) in [4.78, 5) is 12.6. The van der Waals surface area contributed by atoms with Gasteiger partial charge in [0.2, 0.25) is 0 Å². The van der Waals surface area contributed by atoms with Crippen LogP contribution in [-0.4, -0.2) is 5.78 Å². The third kappa shape index (κ3) is 2.43. The molecule has 0 saturated heterocycles. The van der Waals surface area contributed by atoms with Crippen molar-refractivity contribution in [2.75, 3.05) is 0 Å². The molecule has 0 bridgehead atoms. The molecule has 2 heteroatoms. The zero-order valence-electron chi connectivity index (χ0n) is 11.7. The number of rotatable bonds is 2. The van der Waals surface area contributed by atoms with Crippen molar-refractivity contribution in [3.8, 4) is 0 Å². The molecule has 0 atom stereocenters. The number of hydrogen-bond donors (Lipinski definition) is 0. The van der Waals surface area contributed by atoms with Crippen molar-refractivity contribution < 1.29 is 9.18 Å². The monoisotopic (exact) mass is 256 g/mol. The first-order chi connectivity index (χ1) is 8.91. The molecule has 0 heterocycles. The Morgan fingerprint density at radius 1 is 0.895 bits per heavy atom. The largest absolute Gasteiger partial charge is 0.289 e. The van der Waals surface area contributed by atoms with Crippen molar-refractivity contribution in [1.29, 1.82) is 0 Å². The van der Waals surface area contributed by atoms with Crippen molar-refractivity contribution >= 4 is 5.78 Å². The van der Waals surface area contributed by atoms with Crippen LogP contribution in [0.1, 0.15) is 38.2 Å². The molecule has 2 rings (SSSR count). The van der Waals surface area contributed by atoms with E-state index in [2.05, 4.69) is 0 Å². The molecule has 0 saturated carbocycles. The van der Waals surface area contributed by atoms with Crippen LogP contribution in [0, 0.1) is 33.5 Å². The lowest BCUT2D eigenvalue weighted by atomic mass is 9.93. The summed E-state index contributed by atoms with van der Waals surface area (Å²) in [5, 5.41) is 0. The van der Waals surface area contributed by atoms with Crippen LogP contribution in [0.4, 0.5) is 4.39 Å². The molecule has 0 N–H and O–H groups in total. The maximum atomic E-state index is 13.6. The van der Waals surface area contributed by atoms with Gasteiger partial charge in [-0.15, -0.1) is 0 Å². The molecule has 0 fully saturated rings. The highest BCUT2D eigenvalue weighted by atomic mass is 19.1. The number of halogens is 1. The maximum Gasteiger partial charge on any atom is 0.193 e. The molecule has 0 radical (unpaired) electrons. The second-order valence-corrected chi connectivity index (χ2v) is 5.02. The summed E-state index contributed by atoms with van der Waals surface area (Å²) in [6.07, 6.45) is 0. The Hall–Kier alpha value is -1.96. The van der Waals surface area contributed by atoms with Gasteiger partial charge in [-0.25, -0.2) is 4.39 Å². The van der Waals surface area contributed by atoms with E-state index in [-0.39, 0.29) is 11.6 Å². The Bertz CT molecular complexity index is 613. The summed E-state index contributed by atoms with van der Waals surface area (Å²) >= 11 is 0. The van der Waals surface area contributed by atoms with Gasteiger partial charge in [-0.1, -0.05) is 18.2 Å². The molecule has 98 valence electrons. The lowest BCUT2D eigenvalue weighted by Gasteiger charge is -2.10. The number of ketones is 1. The van der Waals surface area contributed by atoms with Crippen LogP contribution in [-0.2, 0) is 0 Å². The van der Waals surface area contributed by atoms with Crippen LogP contribution in [0.5, 0.6) is 0 Å². The highest BCUT2D eigenvalue weighted by Gasteiger charge is 2.16. The van der Waals surface area contributed by atoms with Gasteiger partial charge in [-0.2, -0.15) is 0 Å². The minimum absolute atomic E-state index is 0.0400. The molecule has 1 nitrogen and oxygen atoms in total. The minimum atomic E-state index is -0.238. The first-order valence-corrected chi connectivity index (χ1v) is 6.29. The van der Waals surface area contributed by atoms with Crippen LogP contribution in [0.2, 0.25) is 0 Å². The number of benzene rings is 2. The Morgan fingerprint density at radius 3 is 1.84 bits per heavy atom. The standard InChI is InChI=1S/C17H17FO/c1-10-6-5-7-11(2)15(10)17(19)14-8-12(3)16(18)13(4)9-14/h5-9H,1-4H3. The predicted octanol–water partition coefficient (Wildman–Crippen LogP) is 4.29. The molecule has 0 unspecified atom stereocenters. The van der Waals surface area contributed by atoms with Gasteiger partial charge in [0, 0.05) is 11.1 Å². The summed E-state index contributed by atoms with van der Waals surface area (Å²) in [6.45, 7) is 7.21. The van der Waals surface area contributed by atoms with E-state index in [1.165, 1.54) is 0 Å². The number of carbonyl (C=O) groups excluding carboxylic acids is 1. The fraction of sp³-hybridized carbons (Fsp3) is 0.235. The van der Waals surface area contributed by atoms with E-state index in [9.17, 15) is 9.18 Å². The third-order valence-corrected chi connectivity index (χ3v) is 3.41. The Labute approximate surface area is 113 Å². The summed E-state index contributed by atoms with van der Waals surface area (Å²) in [6, 6.07) is 9.02. The van der Waals surface area contributed by atoms with E-state index >= 15 is 0 Å². The highest BCUT2D eigenvalue weighted by molar-refractivity contribution is 6.11. The lowest BCUT2D eigenvalue weighted by molar-refractivity contribution is 0.103. The van der Waals surface area contributed by atoms with E-state index in [1.807, 2.05) is 32.0 Å². The molecular formula is C17H17FO. The second-order valence-electron chi connectivity index (χ2n) is 5.02. The number of hydrogen-bond acceptors (Lipinski definition) is 1. The van der Waals surface area contributed by atoms with Gasteiger partial charge in [-0.3, -0.25) is 4.79 Å². The van der Waals surface area contributed by atoms with Crippen molar-refractivity contribution in [3.05, 3.63) is 69.5 Å². The zero-order valence-corrected chi connectivity index (χ0v) is 11.7. The first-order valence-electron chi connectivity index (χ1n) is 6.29. The van der Waals surface area contributed by atoms with E-state index in [0.29, 0.717) is 22.3 Å². The zero-order chi connectivity index (χ0) is 14.2. The predicted molar refractivity (Wildman–Crippen MR) is 75.2 cm³/mol. The van der Waals surface area contributed by atoms with Gasteiger partial charge < -0.3 is 0 Å². The maximum absolute atomic E-state index is 13.6. The molecule has 0 spiro atoms. The van der Waals surface area contributed by atoms with E-state index in [1.54, 1.807) is 26.0 Å². The fourth-order valence-electron chi connectivity index (χ4n) is 2.39. The van der Waals surface area contributed by atoms with Gasteiger partial charge in [0.05, 0.1) is 0 Å². The van der Waals surface area contributed by atoms with Crippen molar-refractivity contribution in [3.63, 3.8) is 0 Å². The Balaban J connectivity index is 2.57. The summed E-state index contributed by atoms with van der Waals surface area (Å²) in [5.74, 6) is -0.278. The minimum Gasteiger partial charge on any atom is -0.289 e. The van der Waals surface area contributed by atoms with Gasteiger partial charge >= 0.3 is 0 Å². The van der Waals surface area contributed by atoms with Crippen molar-refractivity contribution in [1.82, 2.24) is 0 Å². The topological polar surface area (TPSA) is 17.1 Å². The van der Waals surface area contributed by atoms with Crippen molar-refractivity contribution in [2.45, 2.75) is 27.7 Å². The average Bonchev–Trinajstić information content (AvgIpc) is 2.35. The summed E-state index contributed by atoms with van der Waals surface area (Å²) < 4.78 is 13.6. The van der Waals surface area contributed by atoms with Crippen LogP contribution < -0.4 is 0 Å². The van der Waals surface area contributed by atoms with Crippen LogP contribution >= 0.6 is 0 Å². The Kier molecular flexibility index (Phi) is 3.52. The molecule has 0 amide bonds. The summed E-state index contributed by atoms with van der Waals surface area (Å²) in [7, 11) is 0. The number of aryl methyl sites for hydroxylation is 4. The smallest absolute Gasteiger partial charge is 0.193 e. The van der Waals surface area contributed by atoms with Gasteiger partial charge in [0.25, 0.3) is 0 Å². The fourth-order valence-corrected chi connectivity index (χ4v) is 2.39. The second kappa shape index (κ2) is 4.96. The molecular weight excluding hydrogens is 239 g/mol. The van der Waals surface area contributed by atoms with Gasteiger partial charge in [0.1, 0.15) is 5.82 Å². The average molecular weight is 256 g/mol. The van der Waals surface area contributed by atoms with Crippen LogP contribution in [0.25, 0.3) is 0 Å². The molecule has 0 aliphatic heterocycles. The van der Waals surface area contributed by atoms with Gasteiger partial charge in [-0.05, 0) is 62.1 Å². The molecule has 2 aromatic rings. The summed E-state index contributed by atoms with van der Waals surface area (Å²) in [5.41, 5.74) is 4.18. The molecule has 0 aliphatic rings. The van der Waals surface area contributed by atoms with Gasteiger partial charge in [0.15, 0.2) is 5.78 Å². The van der Waals surface area contributed by atoms with E-state index in [0.717, 1.165) is 11.1 Å². The molecule has 0 aromatic heterocycles.